The highest BCUT2D eigenvalue weighted by molar-refractivity contribution is 7.86. The summed E-state index contributed by atoms with van der Waals surface area (Å²) in [5.41, 5.74) is -0.683. The van der Waals surface area contributed by atoms with Gasteiger partial charge in [0.2, 0.25) is 0 Å². The van der Waals surface area contributed by atoms with Gasteiger partial charge >= 0.3 is 5.97 Å². The van der Waals surface area contributed by atoms with Crippen molar-refractivity contribution >= 4 is 16.2 Å². The largest absolute Gasteiger partial charge is 0.481 e. The van der Waals surface area contributed by atoms with Crippen molar-refractivity contribution in [1.82, 2.24) is 8.61 Å². The van der Waals surface area contributed by atoms with Crippen LogP contribution < -0.4 is 0 Å². The predicted octanol–water partition coefficient (Wildman–Crippen LogP) is 1.29. The minimum atomic E-state index is -3.96. The molecule has 1 atom stereocenters. The summed E-state index contributed by atoms with van der Waals surface area (Å²) in [7, 11) is -3.96. The maximum absolute atomic E-state index is 13.3. The fraction of sp³-hybridized carbons (Fsp3) is 0.923. The number of carbonyl (C=O) groups is 1. The lowest BCUT2D eigenvalue weighted by Crippen LogP contribution is -2.63. The number of hydrogen-bond donors (Lipinski definition) is 1. The van der Waals surface area contributed by atoms with Gasteiger partial charge in [-0.25, -0.2) is 8.78 Å². The monoisotopic (exact) mass is 338 g/mol. The number of carboxylic acids is 1. The summed E-state index contributed by atoms with van der Waals surface area (Å²) in [6, 6.07) is 0. The van der Waals surface area contributed by atoms with Crippen LogP contribution in [0.5, 0.6) is 0 Å². The molecule has 3 rings (SSSR count). The van der Waals surface area contributed by atoms with Gasteiger partial charge in [-0.2, -0.15) is 17.0 Å². The smallest absolute Gasteiger partial charge is 0.306 e. The van der Waals surface area contributed by atoms with Crippen molar-refractivity contribution in [1.29, 1.82) is 0 Å². The molecule has 3 aliphatic rings. The van der Waals surface area contributed by atoms with Crippen LogP contribution in [0.3, 0.4) is 0 Å². The predicted molar refractivity (Wildman–Crippen MR) is 73.7 cm³/mol. The Balaban J connectivity index is 1.83. The van der Waals surface area contributed by atoms with Crippen molar-refractivity contribution in [2.24, 2.45) is 5.92 Å². The molecule has 1 unspecified atom stereocenters. The highest BCUT2D eigenvalue weighted by Gasteiger charge is 2.55. The lowest BCUT2D eigenvalue weighted by Gasteiger charge is -2.54. The van der Waals surface area contributed by atoms with Crippen molar-refractivity contribution in [3.63, 3.8) is 0 Å². The molecule has 0 aromatic heterocycles. The van der Waals surface area contributed by atoms with Gasteiger partial charge in [0.05, 0.1) is 12.5 Å². The molecular formula is C13H20F2N2O4S. The highest BCUT2D eigenvalue weighted by atomic mass is 32.2. The van der Waals surface area contributed by atoms with Crippen molar-refractivity contribution in [2.75, 3.05) is 19.6 Å². The molecule has 126 valence electrons. The van der Waals surface area contributed by atoms with E-state index in [1.165, 1.54) is 4.31 Å². The third-order valence-electron chi connectivity index (χ3n) is 5.21. The van der Waals surface area contributed by atoms with Crippen molar-refractivity contribution < 1.29 is 27.1 Å². The minimum Gasteiger partial charge on any atom is -0.481 e. The van der Waals surface area contributed by atoms with E-state index < -0.39 is 46.5 Å². The second-order valence-corrected chi connectivity index (χ2v) is 8.48. The highest BCUT2D eigenvalue weighted by Crippen LogP contribution is 2.48. The Labute approximate surface area is 128 Å². The SMILES string of the molecule is O=C(O)C1CCN(S(=O)(=O)N2CCC(F)(F)C2)C2(CCC2)C1. The van der Waals surface area contributed by atoms with E-state index in [1.807, 2.05) is 0 Å². The molecule has 1 aliphatic carbocycles. The topological polar surface area (TPSA) is 77.9 Å². The van der Waals surface area contributed by atoms with Gasteiger partial charge in [0.25, 0.3) is 16.1 Å². The van der Waals surface area contributed by atoms with Gasteiger partial charge in [0.15, 0.2) is 0 Å². The fourth-order valence-electron chi connectivity index (χ4n) is 3.82. The van der Waals surface area contributed by atoms with E-state index in [1.54, 1.807) is 0 Å². The number of carboxylic acid groups (broad SMARTS) is 1. The van der Waals surface area contributed by atoms with E-state index >= 15 is 0 Å². The average Bonchev–Trinajstić information content (AvgIpc) is 2.77. The number of halogens is 2. The van der Waals surface area contributed by atoms with Gasteiger partial charge in [0.1, 0.15) is 0 Å². The molecule has 1 saturated carbocycles. The van der Waals surface area contributed by atoms with Gasteiger partial charge in [-0.1, -0.05) is 0 Å². The van der Waals surface area contributed by atoms with Crippen LogP contribution in [0.25, 0.3) is 0 Å². The maximum Gasteiger partial charge on any atom is 0.306 e. The number of aliphatic carboxylic acids is 1. The van der Waals surface area contributed by atoms with Gasteiger partial charge in [0, 0.05) is 25.0 Å². The van der Waals surface area contributed by atoms with E-state index in [9.17, 15) is 27.1 Å². The Kier molecular flexibility index (Phi) is 3.73. The maximum atomic E-state index is 13.3. The lowest BCUT2D eigenvalue weighted by molar-refractivity contribution is -0.146. The van der Waals surface area contributed by atoms with Crippen LogP contribution in [0, 0.1) is 5.92 Å². The van der Waals surface area contributed by atoms with Gasteiger partial charge < -0.3 is 5.11 Å². The Morgan fingerprint density at radius 2 is 1.86 bits per heavy atom. The van der Waals surface area contributed by atoms with Crippen LogP contribution in [0.4, 0.5) is 8.78 Å². The summed E-state index contributed by atoms with van der Waals surface area (Å²) in [4.78, 5) is 11.2. The zero-order valence-electron chi connectivity index (χ0n) is 12.2. The zero-order valence-corrected chi connectivity index (χ0v) is 13.0. The Morgan fingerprint density at radius 3 is 2.32 bits per heavy atom. The molecule has 0 amide bonds. The average molecular weight is 338 g/mol. The molecule has 1 spiro atoms. The summed E-state index contributed by atoms with van der Waals surface area (Å²) in [5, 5.41) is 9.18. The van der Waals surface area contributed by atoms with E-state index in [0.29, 0.717) is 12.8 Å². The van der Waals surface area contributed by atoms with Crippen molar-refractivity contribution in [2.45, 2.75) is 50.0 Å². The first kappa shape index (κ1) is 16.1. The van der Waals surface area contributed by atoms with E-state index in [2.05, 4.69) is 0 Å². The molecule has 2 saturated heterocycles. The molecular weight excluding hydrogens is 318 g/mol. The first-order chi connectivity index (χ1) is 10.2. The summed E-state index contributed by atoms with van der Waals surface area (Å²) < 4.78 is 54.3. The van der Waals surface area contributed by atoms with Crippen LogP contribution in [-0.4, -0.2) is 59.2 Å². The molecule has 2 heterocycles. The number of rotatable bonds is 3. The molecule has 9 heteroatoms. The van der Waals surface area contributed by atoms with Crippen LogP contribution in [0.1, 0.15) is 38.5 Å². The zero-order chi connectivity index (χ0) is 16.2. The Hall–Kier alpha value is -0.800. The lowest BCUT2D eigenvalue weighted by atomic mass is 9.68. The van der Waals surface area contributed by atoms with E-state index in [0.717, 1.165) is 10.7 Å². The number of alkyl halides is 2. The molecule has 0 radical (unpaired) electrons. The molecule has 0 aromatic rings. The van der Waals surface area contributed by atoms with Gasteiger partial charge in [-0.05, 0) is 32.1 Å². The quantitative estimate of drug-likeness (QED) is 0.841. The summed E-state index contributed by atoms with van der Waals surface area (Å²) in [6.07, 6.45) is 2.13. The minimum absolute atomic E-state index is 0.0986. The summed E-state index contributed by atoms with van der Waals surface area (Å²) in [5.74, 6) is -4.43. The first-order valence-electron chi connectivity index (χ1n) is 7.55. The fourth-order valence-corrected chi connectivity index (χ4v) is 5.86. The summed E-state index contributed by atoms with van der Waals surface area (Å²) >= 11 is 0. The van der Waals surface area contributed by atoms with Crippen LogP contribution in [0.2, 0.25) is 0 Å². The Bertz CT molecular complexity index is 577. The summed E-state index contributed by atoms with van der Waals surface area (Å²) in [6.45, 7) is -0.851. The Morgan fingerprint density at radius 1 is 1.18 bits per heavy atom. The molecule has 6 nitrogen and oxygen atoms in total. The van der Waals surface area contributed by atoms with Crippen LogP contribution in [0.15, 0.2) is 0 Å². The van der Waals surface area contributed by atoms with Crippen molar-refractivity contribution in [3.8, 4) is 0 Å². The third kappa shape index (κ3) is 2.52. The molecule has 1 N–H and O–H groups in total. The first-order valence-corrected chi connectivity index (χ1v) is 8.95. The van der Waals surface area contributed by atoms with Crippen LogP contribution >= 0.6 is 0 Å². The van der Waals surface area contributed by atoms with Gasteiger partial charge in [-0.15, -0.1) is 0 Å². The molecule has 22 heavy (non-hydrogen) atoms. The molecule has 0 aromatic carbocycles. The number of nitrogens with zero attached hydrogens (tertiary/aromatic N) is 2. The van der Waals surface area contributed by atoms with E-state index in [-0.39, 0.29) is 25.9 Å². The molecule has 3 fully saturated rings. The number of hydrogen-bond acceptors (Lipinski definition) is 3. The van der Waals surface area contributed by atoms with Crippen molar-refractivity contribution in [3.05, 3.63) is 0 Å². The normalized spacial score (nSPS) is 32.0. The third-order valence-corrected chi connectivity index (χ3v) is 7.30. The molecule has 0 bridgehead atoms. The molecule has 2 aliphatic heterocycles. The van der Waals surface area contributed by atoms with Crippen LogP contribution in [-0.2, 0) is 15.0 Å². The number of piperidine rings is 1. The van der Waals surface area contributed by atoms with E-state index in [4.69, 9.17) is 0 Å². The second kappa shape index (κ2) is 5.10. The van der Waals surface area contributed by atoms with Gasteiger partial charge in [-0.3, -0.25) is 4.79 Å². The second-order valence-electron chi connectivity index (χ2n) is 6.63. The standard InChI is InChI=1S/C13H20F2N2O4S/c14-13(15)5-7-16(9-13)22(20,21)17-6-2-10(11(18)19)8-12(17)3-1-4-12/h10H,1-9H2,(H,18,19).